The molecule has 1 N–H and O–H groups in total. The average molecular weight is 305 g/mol. The number of methoxy groups -OCH3 is 1. The van der Waals surface area contributed by atoms with Gasteiger partial charge < -0.3 is 19.4 Å². The zero-order chi connectivity index (χ0) is 15.5. The van der Waals surface area contributed by atoms with Gasteiger partial charge in [0.15, 0.2) is 0 Å². The first kappa shape index (κ1) is 14.9. The van der Waals surface area contributed by atoms with E-state index < -0.39 is 0 Å². The third-order valence-corrected chi connectivity index (χ3v) is 4.10. The van der Waals surface area contributed by atoms with Gasteiger partial charge in [-0.1, -0.05) is 0 Å². The average Bonchev–Trinajstić information content (AvgIpc) is 3.10. The number of aromatic nitrogens is 4. The topological polar surface area (TPSA) is 66.1 Å². The molecule has 1 aliphatic heterocycles. The molecule has 7 heteroatoms. The fourth-order valence-corrected chi connectivity index (χ4v) is 2.97. The minimum Gasteiger partial charge on any atom is -0.478 e. The normalized spacial score (nSPS) is 21.8. The molecule has 0 aromatic carbocycles. The highest BCUT2D eigenvalue weighted by Crippen LogP contribution is 2.33. The minimum atomic E-state index is 0.0314. The van der Waals surface area contributed by atoms with Gasteiger partial charge in [-0.2, -0.15) is 0 Å². The van der Waals surface area contributed by atoms with Crippen LogP contribution in [0, 0.1) is 5.92 Å². The van der Waals surface area contributed by atoms with E-state index in [-0.39, 0.29) is 6.10 Å². The van der Waals surface area contributed by atoms with Gasteiger partial charge in [-0.05, 0) is 12.8 Å². The number of aryl methyl sites for hydroxylation is 2. The number of nitrogens with zero attached hydrogens (tertiary/aromatic N) is 4. The molecule has 3 rings (SSSR count). The molecule has 2 atom stereocenters. The van der Waals surface area contributed by atoms with Crippen LogP contribution in [-0.2, 0) is 18.8 Å². The molecule has 0 saturated carbocycles. The molecule has 120 valence electrons. The molecule has 3 heterocycles. The van der Waals surface area contributed by atoms with Crippen LogP contribution in [-0.4, -0.2) is 39.6 Å². The molecule has 2 aromatic rings. The number of ether oxygens (including phenoxy) is 2. The standard InChI is InChI=1S/C15H23N5O2/c1-19-7-6-16-14(19)13-11(5-4-8-22-13)9-17-12-10-20(2)18-15(12)21-3/h6-7,10-11,13,17H,4-5,8-9H2,1-3H3/t11-,13+/m0/s1. The first-order valence-corrected chi connectivity index (χ1v) is 7.59. The summed E-state index contributed by atoms with van der Waals surface area (Å²) in [7, 11) is 5.52. The van der Waals surface area contributed by atoms with Crippen molar-refractivity contribution in [1.82, 2.24) is 19.3 Å². The van der Waals surface area contributed by atoms with Crippen molar-refractivity contribution in [1.29, 1.82) is 0 Å². The number of hydrogen-bond donors (Lipinski definition) is 1. The van der Waals surface area contributed by atoms with Gasteiger partial charge in [0, 0.05) is 45.6 Å². The molecule has 1 aliphatic rings. The predicted octanol–water partition coefficient (Wildman–Crippen LogP) is 1.74. The van der Waals surface area contributed by atoms with Crippen LogP contribution in [0.25, 0.3) is 0 Å². The maximum absolute atomic E-state index is 5.99. The van der Waals surface area contributed by atoms with Crippen LogP contribution in [0.1, 0.15) is 24.8 Å². The smallest absolute Gasteiger partial charge is 0.256 e. The van der Waals surface area contributed by atoms with Crippen molar-refractivity contribution in [3.63, 3.8) is 0 Å². The molecule has 0 amide bonds. The maximum atomic E-state index is 5.99. The number of anilines is 1. The van der Waals surface area contributed by atoms with Crippen LogP contribution in [0.3, 0.4) is 0 Å². The molecule has 1 saturated heterocycles. The molecule has 0 bridgehead atoms. The van der Waals surface area contributed by atoms with Crippen molar-refractivity contribution in [2.45, 2.75) is 18.9 Å². The molecule has 0 aliphatic carbocycles. The Bertz CT molecular complexity index is 621. The highest BCUT2D eigenvalue weighted by Gasteiger charge is 2.30. The van der Waals surface area contributed by atoms with Gasteiger partial charge in [0.1, 0.15) is 17.6 Å². The summed E-state index contributed by atoms with van der Waals surface area (Å²) >= 11 is 0. The number of nitrogens with one attached hydrogen (secondary N) is 1. The third-order valence-electron chi connectivity index (χ3n) is 4.10. The fraction of sp³-hybridized carbons (Fsp3) is 0.600. The van der Waals surface area contributed by atoms with Crippen LogP contribution in [0.5, 0.6) is 5.88 Å². The van der Waals surface area contributed by atoms with E-state index in [1.807, 2.05) is 37.3 Å². The van der Waals surface area contributed by atoms with Crippen molar-refractivity contribution in [2.24, 2.45) is 20.0 Å². The van der Waals surface area contributed by atoms with Crippen molar-refractivity contribution in [3.05, 3.63) is 24.4 Å². The molecular weight excluding hydrogens is 282 g/mol. The van der Waals surface area contributed by atoms with E-state index in [2.05, 4.69) is 15.4 Å². The van der Waals surface area contributed by atoms with Crippen molar-refractivity contribution in [3.8, 4) is 5.88 Å². The molecule has 2 aromatic heterocycles. The summed E-state index contributed by atoms with van der Waals surface area (Å²) in [4.78, 5) is 4.45. The van der Waals surface area contributed by atoms with Gasteiger partial charge in [0.05, 0.1) is 13.3 Å². The van der Waals surface area contributed by atoms with Gasteiger partial charge in [0.2, 0.25) is 0 Å². The lowest BCUT2D eigenvalue weighted by Crippen LogP contribution is -2.30. The minimum absolute atomic E-state index is 0.0314. The van der Waals surface area contributed by atoms with E-state index in [0.29, 0.717) is 11.8 Å². The Balaban J connectivity index is 1.70. The van der Waals surface area contributed by atoms with Crippen molar-refractivity contribution >= 4 is 5.69 Å². The van der Waals surface area contributed by atoms with Gasteiger partial charge in [-0.15, -0.1) is 5.10 Å². The Kier molecular flexibility index (Phi) is 4.33. The summed E-state index contributed by atoms with van der Waals surface area (Å²) in [6.45, 7) is 1.60. The first-order chi connectivity index (χ1) is 10.7. The van der Waals surface area contributed by atoms with Gasteiger partial charge in [-0.25, -0.2) is 4.98 Å². The quantitative estimate of drug-likeness (QED) is 0.911. The van der Waals surface area contributed by atoms with Gasteiger partial charge >= 0.3 is 0 Å². The van der Waals surface area contributed by atoms with E-state index >= 15 is 0 Å². The van der Waals surface area contributed by atoms with Crippen LogP contribution in [0.4, 0.5) is 5.69 Å². The summed E-state index contributed by atoms with van der Waals surface area (Å²) < 4.78 is 15.1. The number of imidazole rings is 1. The second-order valence-electron chi connectivity index (χ2n) is 5.70. The van der Waals surface area contributed by atoms with E-state index in [1.54, 1.807) is 11.8 Å². The first-order valence-electron chi connectivity index (χ1n) is 7.59. The lowest BCUT2D eigenvalue weighted by atomic mass is 9.93. The summed E-state index contributed by atoms with van der Waals surface area (Å²) in [5, 5.41) is 7.70. The Labute approximate surface area is 130 Å². The molecule has 0 radical (unpaired) electrons. The van der Waals surface area contributed by atoms with Crippen molar-refractivity contribution in [2.75, 3.05) is 25.6 Å². The Morgan fingerprint density at radius 2 is 2.32 bits per heavy atom. The van der Waals surface area contributed by atoms with Crippen LogP contribution in [0.2, 0.25) is 0 Å². The molecule has 0 spiro atoms. The summed E-state index contributed by atoms with van der Waals surface area (Å²) in [5.74, 6) is 1.98. The van der Waals surface area contributed by atoms with E-state index in [1.165, 1.54) is 0 Å². The fourth-order valence-electron chi connectivity index (χ4n) is 2.97. The van der Waals surface area contributed by atoms with Gasteiger partial charge in [-0.3, -0.25) is 4.68 Å². The van der Waals surface area contributed by atoms with E-state index in [9.17, 15) is 0 Å². The van der Waals surface area contributed by atoms with Crippen LogP contribution in [0.15, 0.2) is 18.6 Å². The van der Waals surface area contributed by atoms with E-state index in [4.69, 9.17) is 9.47 Å². The summed E-state index contributed by atoms with van der Waals surface area (Å²) in [6, 6.07) is 0. The summed E-state index contributed by atoms with van der Waals surface area (Å²) in [5.41, 5.74) is 0.911. The van der Waals surface area contributed by atoms with Crippen LogP contribution < -0.4 is 10.1 Å². The second kappa shape index (κ2) is 6.39. The van der Waals surface area contributed by atoms with E-state index in [0.717, 1.165) is 37.5 Å². The molecule has 7 nitrogen and oxygen atoms in total. The lowest BCUT2D eigenvalue weighted by molar-refractivity contribution is -0.0305. The van der Waals surface area contributed by atoms with Gasteiger partial charge in [0.25, 0.3) is 5.88 Å². The number of rotatable bonds is 5. The lowest BCUT2D eigenvalue weighted by Gasteiger charge is -2.31. The third kappa shape index (κ3) is 2.94. The second-order valence-corrected chi connectivity index (χ2v) is 5.70. The molecule has 22 heavy (non-hydrogen) atoms. The Morgan fingerprint density at radius 3 is 3.05 bits per heavy atom. The number of hydrogen-bond acceptors (Lipinski definition) is 5. The zero-order valence-electron chi connectivity index (χ0n) is 13.3. The SMILES string of the molecule is COc1nn(C)cc1NC[C@@H]1CCCO[C@H]1c1nccn1C. The Morgan fingerprint density at radius 1 is 1.45 bits per heavy atom. The van der Waals surface area contributed by atoms with Crippen LogP contribution >= 0.6 is 0 Å². The molecule has 1 fully saturated rings. The molecule has 0 unspecified atom stereocenters. The molecular formula is C15H23N5O2. The highest BCUT2D eigenvalue weighted by molar-refractivity contribution is 5.51. The van der Waals surface area contributed by atoms with Crippen molar-refractivity contribution < 1.29 is 9.47 Å². The summed E-state index contributed by atoms with van der Waals surface area (Å²) in [6.07, 6.45) is 7.94. The maximum Gasteiger partial charge on any atom is 0.256 e. The monoisotopic (exact) mass is 305 g/mol. The predicted molar refractivity (Wildman–Crippen MR) is 82.9 cm³/mol. The zero-order valence-corrected chi connectivity index (χ0v) is 13.3. The highest BCUT2D eigenvalue weighted by atomic mass is 16.5. The Hall–Kier alpha value is -2.02. The largest absolute Gasteiger partial charge is 0.478 e.